The highest BCUT2D eigenvalue weighted by Crippen LogP contribution is 2.16. The maximum atomic E-state index is 12.0. The molecule has 92 valence electrons. The number of aromatic nitrogens is 2. The number of para-hydroxylation sites is 2. The van der Waals surface area contributed by atoms with Crippen LogP contribution in [-0.2, 0) is 0 Å². The van der Waals surface area contributed by atoms with Crippen molar-refractivity contribution in [2.75, 3.05) is 0 Å². The molecule has 0 amide bonds. The molecule has 1 aromatic heterocycles. The van der Waals surface area contributed by atoms with Crippen molar-refractivity contribution in [3.63, 3.8) is 0 Å². The lowest BCUT2D eigenvalue weighted by Crippen LogP contribution is -2.18. The van der Waals surface area contributed by atoms with E-state index < -0.39 is 0 Å². The number of benzene rings is 1. The fraction of sp³-hybridized carbons (Fsp3) is 0.429. The average Bonchev–Trinajstić information content (AvgIpc) is 2.66. The maximum Gasteiger partial charge on any atom is 0.235 e. The van der Waals surface area contributed by atoms with Gasteiger partial charge in [0.05, 0.1) is 11.0 Å². The summed E-state index contributed by atoms with van der Waals surface area (Å²) in [4.78, 5) is 16.3. The van der Waals surface area contributed by atoms with Gasteiger partial charge in [-0.05, 0) is 19.1 Å². The predicted molar refractivity (Wildman–Crippen MR) is 71.3 cm³/mol. The molecule has 2 aromatic rings. The largest absolute Gasteiger partial charge is 0.274 e. The second-order valence-corrected chi connectivity index (χ2v) is 3.98. The molecule has 0 spiro atoms. The Balaban J connectivity index is 0.000000686. The van der Waals surface area contributed by atoms with Crippen molar-refractivity contribution in [1.29, 1.82) is 0 Å². The first-order valence-corrected chi connectivity index (χ1v) is 6.09. The van der Waals surface area contributed by atoms with Gasteiger partial charge in [0, 0.05) is 5.92 Å². The monoisotopic (exact) mass is 232 g/mol. The van der Waals surface area contributed by atoms with Gasteiger partial charge in [0.15, 0.2) is 0 Å². The van der Waals surface area contributed by atoms with Crippen LogP contribution in [0.5, 0.6) is 0 Å². The van der Waals surface area contributed by atoms with Crippen LogP contribution in [0, 0.1) is 12.8 Å². The molecule has 3 nitrogen and oxygen atoms in total. The molecule has 0 atom stereocenters. The summed E-state index contributed by atoms with van der Waals surface area (Å²) in [5.74, 6) is 0.845. The minimum Gasteiger partial charge on any atom is -0.274 e. The standard InChI is InChI=1S/C12H14N2O.C2H6/c1-8(2)12(15)14-9(3)13-10-6-4-5-7-11(10)14;1-2/h4-8H,1-3H3;1-2H3. The van der Waals surface area contributed by atoms with Gasteiger partial charge in [-0.1, -0.05) is 39.8 Å². The fourth-order valence-corrected chi connectivity index (χ4v) is 1.68. The van der Waals surface area contributed by atoms with E-state index >= 15 is 0 Å². The van der Waals surface area contributed by atoms with Crippen LogP contribution in [0.3, 0.4) is 0 Å². The van der Waals surface area contributed by atoms with Crippen LogP contribution in [0.1, 0.15) is 38.3 Å². The topological polar surface area (TPSA) is 34.9 Å². The third-order valence-electron chi connectivity index (χ3n) is 2.44. The third kappa shape index (κ3) is 2.54. The third-order valence-corrected chi connectivity index (χ3v) is 2.44. The van der Waals surface area contributed by atoms with Gasteiger partial charge in [0.25, 0.3) is 0 Å². The summed E-state index contributed by atoms with van der Waals surface area (Å²) in [5.41, 5.74) is 1.78. The zero-order valence-corrected chi connectivity index (χ0v) is 11.2. The molecule has 0 aliphatic carbocycles. The molecular formula is C14H20N2O. The number of aryl methyl sites for hydroxylation is 1. The molecular weight excluding hydrogens is 212 g/mol. The predicted octanol–water partition coefficient (Wildman–Crippen LogP) is 3.67. The molecule has 1 aromatic carbocycles. The van der Waals surface area contributed by atoms with E-state index in [0.29, 0.717) is 0 Å². The van der Waals surface area contributed by atoms with Gasteiger partial charge in [-0.3, -0.25) is 9.36 Å². The summed E-state index contributed by atoms with van der Waals surface area (Å²) in [5, 5.41) is 0. The Morgan fingerprint density at radius 2 is 1.82 bits per heavy atom. The Labute approximate surface area is 102 Å². The summed E-state index contributed by atoms with van der Waals surface area (Å²) < 4.78 is 1.69. The van der Waals surface area contributed by atoms with E-state index in [1.54, 1.807) is 4.57 Å². The Morgan fingerprint density at radius 3 is 2.41 bits per heavy atom. The first kappa shape index (κ1) is 13.4. The summed E-state index contributed by atoms with van der Waals surface area (Å²) >= 11 is 0. The number of imidazole rings is 1. The lowest BCUT2D eigenvalue weighted by Gasteiger charge is -2.07. The molecule has 0 saturated heterocycles. The average molecular weight is 232 g/mol. The van der Waals surface area contributed by atoms with Crippen molar-refractivity contribution in [1.82, 2.24) is 9.55 Å². The van der Waals surface area contributed by atoms with E-state index in [9.17, 15) is 4.79 Å². The molecule has 0 bridgehead atoms. The summed E-state index contributed by atoms with van der Waals surface area (Å²) in [6.07, 6.45) is 0. The zero-order chi connectivity index (χ0) is 13.0. The minimum atomic E-state index is -0.0127. The summed E-state index contributed by atoms with van der Waals surface area (Å²) in [6.45, 7) is 9.66. The normalized spacial score (nSPS) is 10.2. The van der Waals surface area contributed by atoms with Crippen molar-refractivity contribution in [3.8, 4) is 0 Å². The lowest BCUT2D eigenvalue weighted by atomic mass is 10.2. The van der Waals surface area contributed by atoms with Crippen molar-refractivity contribution in [2.24, 2.45) is 5.92 Å². The van der Waals surface area contributed by atoms with Crippen LogP contribution in [0.15, 0.2) is 24.3 Å². The van der Waals surface area contributed by atoms with Crippen LogP contribution >= 0.6 is 0 Å². The van der Waals surface area contributed by atoms with E-state index in [1.807, 2.05) is 58.9 Å². The number of carbonyl (C=O) groups is 1. The van der Waals surface area contributed by atoms with Crippen LogP contribution in [0.25, 0.3) is 11.0 Å². The number of carbonyl (C=O) groups excluding carboxylic acids is 1. The maximum absolute atomic E-state index is 12.0. The smallest absolute Gasteiger partial charge is 0.235 e. The Hall–Kier alpha value is -1.64. The van der Waals surface area contributed by atoms with Crippen LogP contribution in [-0.4, -0.2) is 15.5 Å². The Bertz CT molecular complexity index is 512. The van der Waals surface area contributed by atoms with E-state index in [-0.39, 0.29) is 11.8 Å². The second-order valence-electron chi connectivity index (χ2n) is 3.98. The van der Waals surface area contributed by atoms with Crippen molar-refractivity contribution in [2.45, 2.75) is 34.6 Å². The number of nitrogens with zero attached hydrogens (tertiary/aromatic N) is 2. The van der Waals surface area contributed by atoms with Gasteiger partial charge in [-0.15, -0.1) is 0 Å². The number of rotatable bonds is 1. The molecule has 2 rings (SSSR count). The molecule has 0 saturated carbocycles. The van der Waals surface area contributed by atoms with E-state index in [4.69, 9.17) is 0 Å². The number of hydrogen-bond donors (Lipinski definition) is 0. The first-order chi connectivity index (χ1) is 8.11. The Morgan fingerprint density at radius 1 is 1.24 bits per heavy atom. The highest BCUT2D eigenvalue weighted by molar-refractivity contribution is 5.91. The molecule has 17 heavy (non-hydrogen) atoms. The molecule has 0 aliphatic heterocycles. The van der Waals surface area contributed by atoms with Gasteiger partial charge >= 0.3 is 0 Å². The summed E-state index contributed by atoms with van der Waals surface area (Å²) in [6, 6.07) is 7.70. The highest BCUT2D eigenvalue weighted by atomic mass is 16.2. The van der Waals surface area contributed by atoms with Crippen molar-refractivity contribution < 1.29 is 4.79 Å². The van der Waals surface area contributed by atoms with E-state index in [2.05, 4.69) is 4.98 Å². The molecule has 0 unspecified atom stereocenters. The number of hydrogen-bond acceptors (Lipinski definition) is 2. The van der Waals surface area contributed by atoms with Crippen LogP contribution in [0.2, 0.25) is 0 Å². The highest BCUT2D eigenvalue weighted by Gasteiger charge is 2.15. The first-order valence-electron chi connectivity index (χ1n) is 6.09. The van der Waals surface area contributed by atoms with E-state index in [0.717, 1.165) is 16.9 Å². The van der Waals surface area contributed by atoms with Gasteiger partial charge in [0.2, 0.25) is 5.91 Å². The molecule has 1 heterocycles. The molecule has 0 radical (unpaired) electrons. The van der Waals surface area contributed by atoms with Crippen LogP contribution in [0.4, 0.5) is 0 Å². The quantitative estimate of drug-likeness (QED) is 0.752. The van der Waals surface area contributed by atoms with Gasteiger partial charge in [-0.2, -0.15) is 0 Å². The SMILES string of the molecule is CC.Cc1nc2ccccc2n1C(=O)C(C)C. The lowest BCUT2D eigenvalue weighted by molar-refractivity contribution is 0.0858. The number of fused-ring (bicyclic) bond motifs is 1. The molecule has 0 N–H and O–H groups in total. The fourth-order valence-electron chi connectivity index (χ4n) is 1.68. The Kier molecular flexibility index (Phi) is 4.44. The van der Waals surface area contributed by atoms with Gasteiger partial charge in [-0.25, -0.2) is 4.98 Å². The molecule has 0 aliphatic rings. The molecule has 0 fully saturated rings. The van der Waals surface area contributed by atoms with Gasteiger partial charge < -0.3 is 0 Å². The van der Waals surface area contributed by atoms with Crippen molar-refractivity contribution in [3.05, 3.63) is 30.1 Å². The minimum absolute atomic E-state index is 0.0127. The van der Waals surface area contributed by atoms with E-state index in [1.165, 1.54) is 0 Å². The van der Waals surface area contributed by atoms with Crippen LogP contribution < -0.4 is 0 Å². The zero-order valence-electron chi connectivity index (χ0n) is 11.2. The summed E-state index contributed by atoms with van der Waals surface area (Å²) in [7, 11) is 0. The van der Waals surface area contributed by atoms with Gasteiger partial charge in [0.1, 0.15) is 5.82 Å². The molecule has 3 heteroatoms. The van der Waals surface area contributed by atoms with Crippen molar-refractivity contribution >= 4 is 16.9 Å². The second kappa shape index (κ2) is 5.62.